The van der Waals surface area contributed by atoms with E-state index in [4.69, 9.17) is 32.7 Å². The molecule has 0 spiro atoms. The first kappa shape index (κ1) is 54.2. The fourth-order valence-electron chi connectivity index (χ4n) is 6.51. The predicted molar refractivity (Wildman–Crippen MR) is 251 cm³/mol. The number of phenols is 2. The third-order valence-electron chi connectivity index (χ3n) is 9.68. The van der Waals surface area contributed by atoms with Gasteiger partial charge in [-0.3, -0.25) is 9.11 Å². The number of halogens is 2. The van der Waals surface area contributed by atoms with Crippen LogP contribution in [0.5, 0.6) is 23.5 Å². The van der Waals surface area contributed by atoms with Crippen molar-refractivity contribution in [2.24, 2.45) is 20.5 Å². The van der Waals surface area contributed by atoms with Gasteiger partial charge in [0.1, 0.15) is 43.2 Å². The molecule has 11 N–H and O–H groups in total. The van der Waals surface area contributed by atoms with Crippen LogP contribution in [0.1, 0.15) is 20.7 Å². The molecular formula is C42H33Cl2CrN12O14S2+3. The second kappa shape index (κ2) is 22.5. The van der Waals surface area contributed by atoms with Crippen LogP contribution in [-0.2, 0) is 37.6 Å². The number of phenolic OH excluding ortho intramolecular Hbond substituents is 2. The number of aromatic carboxylic acids is 2. The predicted octanol–water partition coefficient (Wildman–Crippen LogP) is 6.61. The first-order valence-corrected chi connectivity index (χ1v) is 23.4. The van der Waals surface area contributed by atoms with Crippen LogP contribution in [-0.4, -0.2) is 92.5 Å². The summed E-state index contributed by atoms with van der Waals surface area (Å²) in [6.45, 7) is 0. The van der Waals surface area contributed by atoms with Crippen molar-refractivity contribution in [2.45, 2.75) is 9.79 Å². The molecule has 0 unspecified atom stereocenters. The van der Waals surface area contributed by atoms with E-state index in [0.717, 1.165) is 12.1 Å². The Morgan fingerprint density at radius 1 is 0.658 bits per heavy atom. The van der Waals surface area contributed by atoms with Gasteiger partial charge in [-0.05, 0) is 83.0 Å². The van der Waals surface area contributed by atoms with Gasteiger partial charge in [-0.1, -0.05) is 29.2 Å². The van der Waals surface area contributed by atoms with Crippen molar-refractivity contribution in [3.8, 4) is 23.5 Å². The molecule has 0 radical (unpaired) electrons. The van der Waals surface area contributed by atoms with E-state index < -0.39 is 64.8 Å². The van der Waals surface area contributed by atoms with E-state index in [9.17, 15) is 56.0 Å². The van der Waals surface area contributed by atoms with Gasteiger partial charge in [-0.15, -0.1) is 25.4 Å². The number of nitrogens with two attached hydrogens (primary N) is 1. The normalized spacial score (nSPS) is 11.5. The SMILES string of the molecule is COc1[nH+]c(Cl)nc([NH2+]c2ccc3c(O)c(N=Nc4ccccc4C(=O)O)c(S(=O)(=O)O)cc3c2)[nH+]1.COc1nc(Cl)nc(Nc2ccc3c(O)c(N=Nc4ccccc4C(=O)O)c(S(=O)(=O)O)cc3c2)n1.[Cr]. The van der Waals surface area contributed by atoms with Crippen LogP contribution in [0.15, 0.2) is 127 Å². The first-order chi connectivity index (χ1) is 34.1. The Bertz CT molecular complexity index is 3540. The van der Waals surface area contributed by atoms with Gasteiger partial charge in [0.2, 0.25) is 11.2 Å². The molecule has 8 rings (SSSR count). The molecule has 2 heterocycles. The number of benzene rings is 6. The van der Waals surface area contributed by atoms with Crippen LogP contribution >= 0.6 is 23.2 Å². The molecule has 0 amide bonds. The summed E-state index contributed by atoms with van der Waals surface area (Å²) in [6.07, 6.45) is 0. The number of hydrogen-bond donors (Lipinski definition) is 8. The van der Waals surface area contributed by atoms with Crippen LogP contribution < -0.4 is 30.1 Å². The molecule has 0 saturated carbocycles. The molecule has 73 heavy (non-hydrogen) atoms. The Balaban J connectivity index is 0.000000235. The Morgan fingerprint density at radius 2 is 1.18 bits per heavy atom. The van der Waals surface area contributed by atoms with Gasteiger partial charge in [-0.2, -0.15) is 37.1 Å². The van der Waals surface area contributed by atoms with Gasteiger partial charge in [0.15, 0.2) is 11.5 Å². The summed E-state index contributed by atoms with van der Waals surface area (Å²) in [4.78, 5) is 42.6. The molecule has 31 heteroatoms. The summed E-state index contributed by atoms with van der Waals surface area (Å²) >= 11 is 11.8. The average molecular weight is 1120 g/mol. The number of azo groups is 2. The van der Waals surface area contributed by atoms with E-state index in [1.807, 2.05) is 0 Å². The summed E-state index contributed by atoms with van der Waals surface area (Å²) in [6, 6.07) is 22.7. The molecule has 6 aromatic carbocycles. The minimum Gasteiger partial charge on any atom is -0.505 e. The van der Waals surface area contributed by atoms with Gasteiger partial charge >= 0.3 is 35.2 Å². The summed E-state index contributed by atoms with van der Waals surface area (Å²) < 4.78 is 78.0. The van der Waals surface area contributed by atoms with Gasteiger partial charge in [-0.25, -0.2) is 9.59 Å². The number of aromatic nitrogens is 6. The Morgan fingerprint density at radius 3 is 1.68 bits per heavy atom. The number of quaternary nitrogens is 1. The maximum atomic E-state index is 12.1. The molecule has 26 nitrogen and oxygen atoms in total. The molecule has 2 aromatic heterocycles. The molecule has 0 aliphatic rings. The number of aromatic amines is 2. The number of H-pyrrole nitrogens is 2. The Labute approximate surface area is 430 Å². The number of carboxylic acid groups (broad SMARTS) is 2. The van der Waals surface area contributed by atoms with Crippen LogP contribution in [0, 0.1) is 0 Å². The maximum absolute atomic E-state index is 12.1. The minimum absolute atomic E-state index is 0. The van der Waals surface area contributed by atoms with Crippen LogP contribution in [0.2, 0.25) is 10.6 Å². The first-order valence-electron chi connectivity index (χ1n) is 19.8. The monoisotopic (exact) mass is 1120 g/mol. The molecule has 374 valence electrons. The Kier molecular flexibility index (Phi) is 16.7. The number of aromatic hydroxyl groups is 2. The Hall–Kier alpha value is -8.11. The van der Waals surface area contributed by atoms with Crippen molar-refractivity contribution in [1.29, 1.82) is 0 Å². The topological polar surface area (TPSA) is 400 Å². The smallest absolute Gasteiger partial charge is 0.505 e. The van der Waals surface area contributed by atoms with Crippen molar-refractivity contribution in [2.75, 3.05) is 19.5 Å². The summed E-state index contributed by atoms with van der Waals surface area (Å²) in [5.74, 6) is -3.38. The molecular weight excluding hydrogens is 1080 g/mol. The zero-order chi connectivity index (χ0) is 52.1. The van der Waals surface area contributed by atoms with Crippen LogP contribution in [0.4, 0.5) is 46.0 Å². The quantitative estimate of drug-likeness (QED) is 0.0322. The molecule has 0 saturated heterocycles. The number of nitrogens with one attached hydrogen (secondary N) is 3. The van der Waals surface area contributed by atoms with Crippen molar-refractivity contribution in [3.05, 3.63) is 119 Å². The van der Waals surface area contributed by atoms with Crippen LogP contribution in [0.3, 0.4) is 0 Å². The van der Waals surface area contributed by atoms with E-state index in [1.165, 1.54) is 93.1 Å². The van der Waals surface area contributed by atoms with E-state index in [2.05, 4.69) is 55.7 Å². The third kappa shape index (κ3) is 12.9. The van der Waals surface area contributed by atoms with Crippen molar-refractivity contribution < 1.29 is 98.1 Å². The number of rotatable bonds is 14. The zero-order valence-corrected chi connectivity index (χ0v) is 41.2. The summed E-state index contributed by atoms with van der Waals surface area (Å²) in [7, 11) is -6.97. The number of methoxy groups -OCH3 is 2. The number of carboxylic acids is 2. The third-order valence-corrected chi connectivity index (χ3v) is 11.8. The largest absolute Gasteiger partial charge is 0.571 e. The van der Waals surface area contributed by atoms with E-state index in [-0.39, 0.29) is 89.9 Å². The average Bonchev–Trinajstić information content (AvgIpc) is 3.32. The fraction of sp³-hybridized carbons (Fsp3) is 0.0476. The number of fused-ring (bicyclic) bond motifs is 2. The standard InChI is InChI=1S/2C21H15ClN6O7S.Cr/c2*1-35-21-25-19(22)24-20(26-21)23-11-6-7-12-10(8-11)9-15(36(32,33)34)16(17(12)29)28-27-14-5-3-2-4-13(14)18(30)31;/h2*2-9,29H,1H3,(H,30,31)(H,32,33,34)(H,23,24,25,26);/p+3. The van der Waals surface area contributed by atoms with Gasteiger partial charge < -0.3 is 35.2 Å². The van der Waals surface area contributed by atoms with Gasteiger partial charge in [0.05, 0.1) is 25.3 Å². The van der Waals surface area contributed by atoms with Crippen molar-refractivity contribution in [3.63, 3.8) is 0 Å². The molecule has 0 bridgehead atoms. The fourth-order valence-corrected chi connectivity index (χ4v) is 8.15. The van der Waals surface area contributed by atoms with E-state index >= 15 is 0 Å². The summed E-state index contributed by atoms with van der Waals surface area (Å²) in [5, 5.41) is 60.5. The molecule has 8 aromatic rings. The van der Waals surface area contributed by atoms with Crippen molar-refractivity contribution in [1.82, 2.24) is 19.9 Å². The van der Waals surface area contributed by atoms with Crippen LogP contribution in [0.25, 0.3) is 21.5 Å². The van der Waals surface area contributed by atoms with E-state index in [0.29, 0.717) is 17.3 Å². The minimum atomic E-state index is -4.88. The zero-order valence-electron chi connectivity index (χ0n) is 36.8. The number of nitrogens with zero attached hydrogens (tertiary/aromatic N) is 8. The van der Waals surface area contributed by atoms with Gasteiger partial charge in [0, 0.05) is 57.6 Å². The van der Waals surface area contributed by atoms with E-state index in [1.54, 1.807) is 11.4 Å². The summed E-state index contributed by atoms with van der Waals surface area (Å²) in [5.41, 5.74) is -0.743. The van der Waals surface area contributed by atoms with Gasteiger partial charge in [0.25, 0.3) is 20.2 Å². The molecule has 0 aliphatic carbocycles. The second-order valence-corrected chi connectivity index (χ2v) is 17.8. The number of hydrogen-bond acceptors (Lipinski definition) is 19. The number of anilines is 2. The molecule has 0 aliphatic heterocycles. The number of carbonyl (C=O) groups is 2. The molecule has 0 atom stereocenters. The second-order valence-electron chi connectivity index (χ2n) is 14.3. The molecule has 0 fully saturated rings. The maximum Gasteiger partial charge on any atom is 0.571 e. The number of ether oxygens (including phenoxy) is 2. The van der Waals surface area contributed by atoms with Crippen molar-refractivity contribution >= 4 is 123 Å².